The number of hydrogen-bond acceptors (Lipinski definition) is 2. The van der Waals surface area contributed by atoms with Crippen molar-refractivity contribution >= 4 is 11.7 Å². The van der Waals surface area contributed by atoms with E-state index in [-0.39, 0.29) is 5.56 Å². The molecule has 0 atom stereocenters. The Balaban J connectivity index is 2.63. The van der Waals surface area contributed by atoms with Gasteiger partial charge in [0.15, 0.2) is 0 Å². The van der Waals surface area contributed by atoms with Gasteiger partial charge in [0, 0.05) is 5.69 Å². The van der Waals surface area contributed by atoms with Gasteiger partial charge in [-0.1, -0.05) is 18.2 Å². The molecule has 0 amide bonds. The SMILES string of the molecule is Nc1ccc(-c2cccc(F)c2)c(C(=O)O)c1. The Kier molecular flexibility index (Phi) is 2.78. The molecule has 3 nitrogen and oxygen atoms in total. The van der Waals surface area contributed by atoms with Crippen LogP contribution < -0.4 is 5.73 Å². The number of carbonyl (C=O) groups is 1. The molecule has 0 unspecified atom stereocenters. The summed E-state index contributed by atoms with van der Waals surface area (Å²) in [5.74, 6) is -1.49. The molecule has 17 heavy (non-hydrogen) atoms. The maximum atomic E-state index is 13.1. The molecular weight excluding hydrogens is 221 g/mol. The van der Waals surface area contributed by atoms with Crippen LogP contribution in [0, 0.1) is 5.82 Å². The van der Waals surface area contributed by atoms with E-state index in [0.717, 1.165) is 0 Å². The molecule has 2 aromatic carbocycles. The number of anilines is 1. The van der Waals surface area contributed by atoms with E-state index < -0.39 is 11.8 Å². The normalized spacial score (nSPS) is 10.2. The lowest BCUT2D eigenvalue weighted by atomic mass is 9.99. The molecule has 2 aromatic rings. The average molecular weight is 231 g/mol. The smallest absolute Gasteiger partial charge is 0.336 e. The topological polar surface area (TPSA) is 63.3 Å². The minimum absolute atomic E-state index is 0.0654. The van der Waals surface area contributed by atoms with Crippen LogP contribution in [0.5, 0.6) is 0 Å². The first-order valence-corrected chi connectivity index (χ1v) is 4.96. The summed E-state index contributed by atoms with van der Waals surface area (Å²) in [7, 11) is 0. The van der Waals surface area contributed by atoms with Crippen molar-refractivity contribution in [3.63, 3.8) is 0 Å². The summed E-state index contributed by atoms with van der Waals surface area (Å²) < 4.78 is 13.1. The second kappa shape index (κ2) is 4.25. The zero-order chi connectivity index (χ0) is 12.4. The van der Waals surface area contributed by atoms with Crippen molar-refractivity contribution in [2.75, 3.05) is 5.73 Å². The van der Waals surface area contributed by atoms with Crippen molar-refractivity contribution in [1.82, 2.24) is 0 Å². The van der Waals surface area contributed by atoms with Gasteiger partial charge in [-0.05, 0) is 35.4 Å². The summed E-state index contributed by atoms with van der Waals surface area (Å²) >= 11 is 0. The van der Waals surface area contributed by atoms with E-state index in [1.54, 1.807) is 18.2 Å². The second-order valence-corrected chi connectivity index (χ2v) is 3.62. The zero-order valence-electron chi connectivity index (χ0n) is 8.85. The van der Waals surface area contributed by atoms with E-state index in [0.29, 0.717) is 16.8 Å². The van der Waals surface area contributed by atoms with E-state index in [1.807, 2.05) is 0 Å². The minimum Gasteiger partial charge on any atom is -0.478 e. The molecule has 0 bridgehead atoms. The van der Waals surface area contributed by atoms with Crippen LogP contribution in [-0.4, -0.2) is 11.1 Å². The molecule has 0 aromatic heterocycles. The standard InChI is InChI=1S/C13H10FNO2/c14-9-3-1-2-8(6-9)11-5-4-10(15)7-12(11)13(16)17/h1-7H,15H2,(H,16,17). The predicted molar refractivity (Wildman–Crippen MR) is 63.2 cm³/mol. The molecule has 0 saturated carbocycles. The van der Waals surface area contributed by atoms with E-state index in [9.17, 15) is 9.18 Å². The van der Waals surface area contributed by atoms with Crippen molar-refractivity contribution in [1.29, 1.82) is 0 Å². The summed E-state index contributed by atoms with van der Waals surface area (Å²) in [6.45, 7) is 0. The highest BCUT2D eigenvalue weighted by atomic mass is 19.1. The molecule has 86 valence electrons. The lowest BCUT2D eigenvalue weighted by molar-refractivity contribution is 0.0698. The number of carboxylic acids is 1. The minimum atomic E-state index is -1.09. The molecule has 3 N–H and O–H groups in total. The number of rotatable bonds is 2. The molecular formula is C13H10FNO2. The third-order valence-electron chi connectivity index (χ3n) is 2.41. The van der Waals surface area contributed by atoms with Gasteiger partial charge < -0.3 is 10.8 Å². The highest BCUT2D eigenvalue weighted by Gasteiger charge is 2.12. The van der Waals surface area contributed by atoms with E-state index in [1.165, 1.54) is 24.3 Å². The molecule has 4 heteroatoms. The van der Waals surface area contributed by atoms with E-state index in [2.05, 4.69) is 0 Å². The van der Waals surface area contributed by atoms with Crippen molar-refractivity contribution in [2.45, 2.75) is 0 Å². The van der Waals surface area contributed by atoms with Gasteiger partial charge in [-0.25, -0.2) is 9.18 Å². The van der Waals surface area contributed by atoms with Gasteiger partial charge in [-0.2, -0.15) is 0 Å². The molecule has 2 rings (SSSR count). The van der Waals surface area contributed by atoms with Crippen molar-refractivity contribution in [3.05, 3.63) is 53.8 Å². The average Bonchev–Trinajstić information content (AvgIpc) is 2.28. The fourth-order valence-corrected chi connectivity index (χ4v) is 1.65. The highest BCUT2D eigenvalue weighted by Crippen LogP contribution is 2.26. The lowest BCUT2D eigenvalue weighted by Crippen LogP contribution is -2.01. The number of benzene rings is 2. The van der Waals surface area contributed by atoms with Crippen LogP contribution in [0.15, 0.2) is 42.5 Å². The summed E-state index contributed by atoms with van der Waals surface area (Å²) in [5.41, 5.74) is 6.93. The first-order valence-electron chi connectivity index (χ1n) is 4.96. The van der Waals surface area contributed by atoms with Gasteiger partial charge in [0.05, 0.1) is 5.56 Å². The second-order valence-electron chi connectivity index (χ2n) is 3.62. The monoisotopic (exact) mass is 231 g/mol. The highest BCUT2D eigenvalue weighted by molar-refractivity contribution is 5.97. The van der Waals surface area contributed by atoms with Gasteiger partial charge in [0.2, 0.25) is 0 Å². The van der Waals surface area contributed by atoms with Crippen LogP contribution in [0.1, 0.15) is 10.4 Å². The molecule has 0 aliphatic rings. The van der Waals surface area contributed by atoms with Crippen LogP contribution in [0.25, 0.3) is 11.1 Å². The lowest BCUT2D eigenvalue weighted by Gasteiger charge is -2.07. The Bertz CT molecular complexity index is 581. The van der Waals surface area contributed by atoms with Gasteiger partial charge in [0.25, 0.3) is 0 Å². The molecule has 0 saturated heterocycles. The Morgan fingerprint density at radius 3 is 2.59 bits per heavy atom. The first kappa shape index (κ1) is 11.1. The third-order valence-corrected chi connectivity index (χ3v) is 2.41. The fourth-order valence-electron chi connectivity index (χ4n) is 1.65. The summed E-state index contributed by atoms with van der Waals surface area (Å²) in [4.78, 5) is 11.1. The Labute approximate surface area is 97.3 Å². The van der Waals surface area contributed by atoms with Crippen molar-refractivity contribution < 1.29 is 14.3 Å². The quantitative estimate of drug-likeness (QED) is 0.781. The van der Waals surface area contributed by atoms with Crippen LogP contribution in [-0.2, 0) is 0 Å². The number of nitrogens with two attached hydrogens (primary N) is 1. The molecule has 0 heterocycles. The number of hydrogen-bond donors (Lipinski definition) is 2. The Morgan fingerprint density at radius 1 is 1.18 bits per heavy atom. The van der Waals surface area contributed by atoms with Gasteiger partial charge >= 0.3 is 5.97 Å². The van der Waals surface area contributed by atoms with Crippen molar-refractivity contribution in [2.24, 2.45) is 0 Å². The van der Waals surface area contributed by atoms with E-state index in [4.69, 9.17) is 10.8 Å². The fraction of sp³-hybridized carbons (Fsp3) is 0. The van der Waals surface area contributed by atoms with Crippen molar-refractivity contribution in [3.8, 4) is 11.1 Å². The summed E-state index contributed by atoms with van der Waals surface area (Å²) in [5, 5.41) is 9.07. The Morgan fingerprint density at radius 2 is 1.94 bits per heavy atom. The van der Waals surface area contributed by atoms with E-state index >= 15 is 0 Å². The third kappa shape index (κ3) is 2.25. The number of aromatic carboxylic acids is 1. The number of nitrogen functional groups attached to an aromatic ring is 1. The van der Waals surface area contributed by atoms with Crippen LogP contribution in [0.2, 0.25) is 0 Å². The molecule has 0 radical (unpaired) electrons. The summed E-state index contributed by atoms with van der Waals surface area (Å²) in [6, 6.07) is 10.3. The molecule has 0 aliphatic carbocycles. The van der Waals surface area contributed by atoms with Gasteiger partial charge in [-0.15, -0.1) is 0 Å². The Hall–Kier alpha value is -2.36. The maximum Gasteiger partial charge on any atom is 0.336 e. The summed E-state index contributed by atoms with van der Waals surface area (Å²) in [6.07, 6.45) is 0. The maximum absolute atomic E-state index is 13.1. The zero-order valence-corrected chi connectivity index (χ0v) is 8.85. The van der Waals surface area contributed by atoms with Gasteiger partial charge in [0.1, 0.15) is 5.82 Å². The molecule has 0 fully saturated rings. The molecule has 0 aliphatic heterocycles. The largest absolute Gasteiger partial charge is 0.478 e. The van der Waals surface area contributed by atoms with Crippen LogP contribution in [0.4, 0.5) is 10.1 Å². The van der Waals surface area contributed by atoms with Crippen LogP contribution >= 0.6 is 0 Å². The van der Waals surface area contributed by atoms with Gasteiger partial charge in [-0.3, -0.25) is 0 Å². The first-order chi connectivity index (χ1) is 8.08. The molecule has 0 spiro atoms. The number of halogens is 1. The predicted octanol–water partition coefficient (Wildman–Crippen LogP) is 2.77. The number of carboxylic acid groups (broad SMARTS) is 1. The van der Waals surface area contributed by atoms with Crippen LogP contribution in [0.3, 0.4) is 0 Å².